The molecule has 3 aliphatic heterocycles. The first kappa shape index (κ1) is 29.4. The van der Waals surface area contributed by atoms with Gasteiger partial charge in [0.15, 0.2) is 0 Å². The fourth-order valence-electron chi connectivity index (χ4n) is 6.40. The van der Waals surface area contributed by atoms with E-state index in [0.29, 0.717) is 24.8 Å². The number of amides is 3. The molecule has 5 rings (SSSR count). The van der Waals surface area contributed by atoms with E-state index < -0.39 is 18.2 Å². The van der Waals surface area contributed by atoms with Crippen molar-refractivity contribution in [2.24, 2.45) is 11.8 Å². The Balaban J connectivity index is 1.23. The molecule has 2 fully saturated rings. The lowest BCUT2D eigenvalue weighted by molar-refractivity contribution is -0.137. The third-order valence-electron chi connectivity index (χ3n) is 8.94. The van der Waals surface area contributed by atoms with Crippen molar-refractivity contribution >= 4 is 17.9 Å². The highest BCUT2D eigenvalue weighted by Crippen LogP contribution is 2.31. The Morgan fingerprint density at radius 1 is 1.00 bits per heavy atom. The van der Waals surface area contributed by atoms with Crippen molar-refractivity contribution in [3.63, 3.8) is 0 Å². The fourth-order valence-corrected chi connectivity index (χ4v) is 6.40. The molecule has 3 atom stereocenters. The number of rotatable bonds is 6. The zero-order valence-electron chi connectivity index (χ0n) is 24.5. The van der Waals surface area contributed by atoms with Crippen molar-refractivity contribution in [3.05, 3.63) is 47.7 Å². The van der Waals surface area contributed by atoms with Crippen LogP contribution >= 0.6 is 0 Å². The summed E-state index contributed by atoms with van der Waals surface area (Å²) in [6, 6.07) is 10.5. The first-order valence-electron chi connectivity index (χ1n) is 14.9. The smallest absolute Gasteiger partial charge is 0.408 e. The molecule has 2 aromatic rings. The van der Waals surface area contributed by atoms with E-state index in [4.69, 9.17) is 4.74 Å². The SMILES string of the molecule is CC(C)C(=O)N1CCC(C(C)Oc2ccc(-c3ccc4c(c3)CN(C(=O)O)[C@H](C(=O)N3CCC[C@H]3C#N)C4)cn2)CC1. The number of ether oxygens (including phenoxy) is 1. The van der Waals surface area contributed by atoms with Gasteiger partial charge in [-0.2, -0.15) is 5.26 Å². The predicted molar refractivity (Wildman–Crippen MR) is 155 cm³/mol. The summed E-state index contributed by atoms with van der Waals surface area (Å²) in [5, 5.41) is 19.4. The summed E-state index contributed by atoms with van der Waals surface area (Å²) in [7, 11) is 0. The van der Waals surface area contributed by atoms with Crippen molar-refractivity contribution in [1.29, 1.82) is 5.26 Å². The Labute approximate surface area is 246 Å². The number of fused-ring (bicyclic) bond motifs is 1. The first-order chi connectivity index (χ1) is 20.2. The maximum Gasteiger partial charge on any atom is 0.408 e. The maximum atomic E-state index is 13.3. The molecular formula is C32H39N5O5. The van der Waals surface area contributed by atoms with Crippen LogP contribution in [-0.2, 0) is 22.6 Å². The largest absolute Gasteiger partial charge is 0.474 e. The minimum atomic E-state index is -1.15. The number of likely N-dealkylation sites (tertiary alicyclic amines) is 2. The maximum absolute atomic E-state index is 13.3. The number of aromatic nitrogens is 1. The van der Waals surface area contributed by atoms with Gasteiger partial charge in [-0.3, -0.25) is 14.5 Å². The number of hydrogen-bond donors (Lipinski definition) is 1. The summed E-state index contributed by atoms with van der Waals surface area (Å²) in [5.74, 6) is 0.831. The normalized spacial score (nSPS) is 21.5. The fraction of sp³-hybridized carbons (Fsp3) is 0.531. The number of carbonyl (C=O) groups is 3. The van der Waals surface area contributed by atoms with Gasteiger partial charge >= 0.3 is 6.09 Å². The molecule has 1 aromatic carbocycles. The topological polar surface area (TPSA) is 127 Å². The van der Waals surface area contributed by atoms with Crippen LogP contribution in [0.5, 0.6) is 5.88 Å². The molecule has 1 aromatic heterocycles. The van der Waals surface area contributed by atoms with Gasteiger partial charge in [0.25, 0.3) is 0 Å². The zero-order valence-corrected chi connectivity index (χ0v) is 24.5. The molecule has 3 amide bonds. The van der Waals surface area contributed by atoms with E-state index in [2.05, 4.69) is 18.0 Å². The molecule has 2 saturated heterocycles. The quantitative estimate of drug-likeness (QED) is 0.545. The summed E-state index contributed by atoms with van der Waals surface area (Å²) in [4.78, 5) is 47.0. The van der Waals surface area contributed by atoms with Gasteiger partial charge in [0, 0.05) is 49.8 Å². The van der Waals surface area contributed by atoms with Gasteiger partial charge in [-0.25, -0.2) is 9.78 Å². The molecule has 0 aliphatic carbocycles. The lowest BCUT2D eigenvalue weighted by atomic mass is 9.90. The van der Waals surface area contributed by atoms with Crippen LogP contribution in [0.15, 0.2) is 36.5 Å². The molecule has 1 N–H and O–H groups in total. The van der Waals surface area contributed by atoms with Crippen molar-refractivity contribution in [3.8, 4) is 23.1 Å². The number of nitrogens with zero attached hydrogens (tertiary/aromatic N) is 5. The Hall–Kier alpha value is -4.13. The lowest BCUT2D eigenvalue weighted by Gasteiger charge is -2.36. The van der Waals surface area contributed by atoms with Crippen molar-refractivity contribution in [2.45, 2.75) is 77.6 Å². The Morgan fingerprint density at radius 2 is 1.74 bits per heavy atom. The highest BCUT2D eigenvalue weighted by Gasteiger charge is 2.40. The number of carboxylic acid groups (broad SMARTS) is 1. The van der Waals surface area contributed by atoms with Crippen LogP contribution in [-0.4, -0.2) is 80.5 Å². The van der Waals surface area contributed by atoms with Crippen molar-refractivity contribution in [2.75, 3.05) is 19.6 Å². The molecule has 0 bridgehead atoms. The molecule has 0 radical (unpaired) electrons. The lowest BCUT2D eigenvalue weighted by Crippen LogP contribution is -2.54. The van der Waals surface area contributed by atoms with E-state index in [1.54, 1.807) is 6.20 Å². The summed E-state index contributed by atoms with van der Waals surface area (Å²) in [5.41, 5.74) is 3.58. The second-order valence-corrected chi connectivity index (χ2v) is 12.0. The van der Waals surface area contributed by atoms with Crippen LogP contribution in [0.25, 0.3) is 11.1 Å². The summed E-state index contributed by atoms with van der Waals surface area (Å²) < 4.78 is 6.17. The Bertz CT molecular complexity index is 1360. The summed E-state index contributed by atoms with van der Waals surface area (Å²) >= 11 is 0. The van der Waals surface area contributed by atoms with Crippen molar-refractivity contribution in [1.82, 2.24) is 19.7 Å². The predicted octanol–water partition coefficient (Wildman–Crippen LogP) is 4.33. The molecular weight excluding hydrogens is 534 g/mol. The Morgan fingerprint density at radius 3 is 2.38 bits per heavy atom. The highest BCUT2D eigenvalue weighted by molar-refractivity contribution is 5.87. The molecule has 222 valence electrons. The van der Waals surface area contributed by atoms with E-state index in [1.165, 1.54) is 9.80 Å². The van der Waals surface area contributed by atoms with Gasteiger partial charge in [0.2, 0.25) is 17.7 Å². The highest BCUT2D eigenvalue weighted by atomic mass is 16.5. The molecule has 3 aliphatic rings. The number of benzene rings is 1. The van der Waals surface area contributed by atoms with Crippen LogP contribution in [0.2, 0.25) is 0 Å². The van der Waals surface area contributed by atoms with E-state index in [1.807, 2.05) is 49.1 Å². The van der Waals surface area contributed by atoms with Gasteiger partial charge in [-0.15, -0.1) is 0 Å². The molecule has 10 heteroatoms. The molecule has 0 saturated carbocycles. The molecule has 1 unspecified atom stereocenters. The van der Waals surface area contributed by atoms with E-state index in [9.17, 15) is 24.8 Å². The van der Waals surface area contributed by atoms with Gasteiger partial charge in [0.1, 0.15) is 18.2 Å². The monoisotopic (exact) mass is 573 g/mol. The third-order valence-corrected chi connectivity index (χ3v) is 8.94. The van der Waals surface area contributed by atoms with E-state index in [-0.39, 0.29) is 36.8 Å². The molecule has 10 nitrogen and oxygen atoms in total. The van der Waals surface area contributed by atoms with Gasteiger partial charge < -0.3 is 19.6 Å². The second-order valence-electron chi connectivity index (χ2n) is 12.0. The van der Waals surface area contributed by atoms with Crippen molar-refractivity contribution < 1.29 is 24.2 Å². The van der Waals surface area contributed by atoms with E-state index in [0.717, 1.165) is 54.6 Å². The van der Waals surface area contributed by atoms with Crippen LogP contribution < -0.4 is 4.74 Å². The van der Waals surface area contributed by atoms with Crippen LogP contribution in [0.1, 0.15) is 57.6 Å². The number of piperidine rings is 1. The third kappa shape index (κ3) is 6.06. The molecule has 0 spiro atoms. The minimum absolute atomic E-state index is 0.0170. The zero-order chi connectivity index (χ0) is 30.0. The van der Waals surface area contributed by atoms with Crippen LogP contribution in [0, 0.1) is 23.2 Å². The van der Waals surface area contributed by atoms with Crippen LogP contribution in [0.4, 0.5) is 4.79 Å². The first-order valence-corrected chi connectivity index (χ1v) is 14.9. The van der Waals surface area contributed by atoms with Gasteiger partial charge in [-0.05, 0) is 67.3 Å². The molecule has 42 heavy (non-hydrogen) atoms. The number of carbonyl (C=O) groups excluding carboxylic acids is 2. The van der Waals surface area contributed by atoms with Gasteiger partial charge in [-0.1, -0.05) is 26.0 Å². The summed E-state index contributed by atoms with van der Waals surface area (Å²) in [6.45, 7) is 8.03. The average molecular weight is 574 g/mol. The average Bonchev–Trinajstić information content (AvgIpc) is 3.49. The standard InChI is InChI=1S/C32H39N5O5/c1-20(2)30(38)35-13-10-22(11-14-35)21(3)42-29-9-8-25(18-34-29)23-6-7-24-16-28(37(32(40)41)19-26(24)15-23)31(39)36-12-4-5-27(36)17-33/h6-9,15,18,20-22,27-28H,4-5,10-14,16,19H2,1-3H3,(H,40,41)/t21?,27-,28-/m0/s1. The Kier molecular flexibility index (Phi) is 8.66. The summed E-state index contributed by atoms with van der Waals surface area (Å²) in [6.07, 6.45) is 4.05. The van der Waals surface area contributed by atoms with Gasteiger partial charge in [0.05, 0.1) is 12.6 Å². The minimum Gasteiger partial charge on any atom is -0.474 e. The number of pyridine rings is 1. The van der Waals surface area contributed by atoms with E-state index >= 15 is 0 Å². The molecule has 4 heterocycles. The number of nitriles is 1. The second kappa shape index (κ2) is 12.4. The van der Waals surface area contributed by atoms with Crippen LogP contribution in [0.3, 0.4) is 0 Å². The number of hydrogen-bond acceptors (Lipinski definition) is 6.